The van der Waals surface area contributed by atoms with Crippen molar-refractivity contribution in [1.29, 1.82) is 0 Å². The second kappa shape index (κ2) is 24.2. The van der Waals surface area contributed by atoms with Gasteiger partial charge in [-0.05, 0) is 204 Å². The summed E-state index contributed by atoms with van der Waals surface area (Å²) in [5.74, 6) is 0. The molecule has 4 nitrogen and oxygen atoms in total. The molecule has 0 saturated carbocycles. The number of aromatic nitrogens is 2. The highest BCUT2D eigenvalue weighted by atomic mass is 16.3. The van der Waals surface area contributed by atoms with Crippen molar-refractivity contribution in [1.82, 2.24) is 9.13 Å². The van der Waals surface area contributed by atoms with Crippen LogP contribution in [0.25, 0.3) is 176 Å². The van der Waals surface area contributed by atoms with E-state index in [2.05, 4.69) is 390 Å². The van der Waals surface area contributed by atoms with E-state index in [0.717, 1.165) is 128 Å². The van der Waals surface area contributed by atoms with Gasteiger partial charge in [-0.3, -0.25) is 0 Å². The van der Waals surface area contributed by atoms with Crippen LogP contribution in [0.4, 0.5) is 17.1 Å². The smallest absolute Gasteiger partial charge is 0.135 e. The molecule has 0 amide bonds. The van der Waals surface area contributed by atoms with Crippen LogP contribution in [0.5, 0.6) is 0 Å². The molecule has 17 aromatic carbocycles. The molecule has 3 aromatic heterocycles. The Morgan fingerprint density at radius 3 is 1.40 bits per heavy atom. The van der Waals surface area contributed by atoms with E-state index in [1.54, 1.807) is 0 Å². The summed E-state index contributed by atoms with van der Waals surface area (Å²) < 4.78 is 11.4. The Morgan fingerprint density at radius 1 is 0.206 bits per heavy atom. The van der Waals surface area contributed by atoms with E-state index in [9.17, 15) is 0 Å². The zero-order valence-corrected chi connectivity index (χ0v) is 55.6. The van der Waals surface area contributed by atoms with Crippen molar-refractivity contribution < 1.29 is 4.42 Å². The molecule has 0 radical (unpaired) electrons. The first kappa shape index (κ1) is 58.6. The average Bonchev–Trinajstić information content (AvgIpc) is 1.04. The summed E-state index contributed by atoms with van der Waals surface area (Å²) in [7, 11) is 0. The van der Waals surface area contributed by atoms with Gasteiger partial charge >= 0.3 is 0 Å². The zero-order valence-electron chi connectivity index (χ0n) is 55.6. The van der Waals surface area contributed by atoms with Crippen LogP contribution in [-0.2, 0) is 0 Å². The number of hydrogen-bond acceptors (Lipinski definition) is 2. The lowest BCUT2D eigenvalue weighted by Gasteiger charge is -2.30. The SMILES string of the molecule is c1ccc(-c2cc(-c3cccc4ccccc34)c(-c3ccc4oc5ccccc5c4c3)cc2N(c2ccc(-c3cc(-c4cccc(-c5ccc6c(c5)c5ccccc5n6-c5ccccc5)c4)ccc3-n3c4ccccc4c4ccccc43)cc2)c2cccc(-c3cccc4ccccc34)c2)cc1. The molecule has 102 heavy (non-hydrogen) atoms. The molecule has 0 fully saturated rings. The van der Waals surface area contributed by atoms with Crippen molar-refractivity contribution >= 4 is 104 Å². The summed E-state index contributed by atoms with van der Waals surface area (Å²) in [4.78, 5) is 2.50. The fourth-order valence-corrected chi connectivity index (χ4v) is 16.2. The Labute approximate surface area is 590 Å². The minimum absolute atomic E-state index is 0.859. The van der Waals surface area contributed by atoms with E-state index in [1.807, 2.05) is 6.07 Å². The van der Waals surface area contributed by atoms with Gasteiger partial charge in [-0.15, -0.1) is 0 Å². The molecule has 0 bridgehead atoms. The van der Waals surface area contributed by atoms with Crippen LogP contribution < -0.4 is 4.90 Å². The molecule has 0 unspecified atom stereocenters. The topological polar surface area (TPSA) is 26.2 Å². The first-order valence-corrected chi connectivity index (χ1v) is 35.0. The van der Waals surface area contributed by atoms with Crippen LogP contribution in [0.2, 0.25) is 0 Å². The van der Waals surface area contributed by atoms with Crippen molar-refractivity contribution in [2.45, 2.75) is 0 Å². The minimum Gasteiger partial charge on any atom is -0.456 e. The molecule has 0 aliphatic heterocycles. The maximum atomic E-state index is 6.53. The molecule has 20 aromatic rings. The number of hydrogen-bond donors (Lipinski definition) is 0. The average molecular weight is 1300 g/mol. The van der Waals surface area contributed by atoms with Crippen molar-refractivity contribution in [2.24, 2.45) is 0 Å². The van der Waals surface area contributed by atoms with Crippen LogP contribution >= 0.6 is 0 Å². The number of nitrogens with zero attached hydrogens (tertiary/aromatic N) is 3. The van der Waals surface area contributed by atoms with Crippen LogP contribution in [0.1, 0.15) is 0 Å². The van der Waals surface area contributed by atoms with Gasteiger partial charge in [0.2, 0.25) is 0 Å². The van der Waals surface area contributed by atoms with Crippen LogP contribution in [0, 0.1) is 0 Å². The fourth-order valence-electron chi connectivity index (χ4n) is 16.2. The quantitative estimate of drug-likeness (QED) is 0.122. The predicted molar refractivity (Wildman–Crippen MR) is 430 cm³/mol. The number of anilines is 3. The Hall–Kier alpha value is -13.5. The molecule has 20 rings (SSSR count). The molecule has 476 valence electrons. The van der Waals surface area contributed by atoms with Crippen molar-refractivity contribution in [3.63, 3.8) is 0 Å². The van der Waals surface area contributed by atoms with Crippen LogP contribution in [-0.4, -0.2) is 9.13 Å². The third kappa shape index (κ3) is 9.83. The molecule has 3 heterocycles. The highest BCUT2D eigenvalue weighted by molar-refractivity contribution is 6.13. The Balaban J connectivity index is 0.799. The van der Waals surface area contributed by atoms with Crippen molar-refractivity contribution in [2.75, 3.05) is 4.90 Å². The molecule has 4 heteroatoms. The zero-order chi connectivity index (χ0) is 67.2. The van der Waals surface area contributed by atoms with Crippen LogP contribution in [0.3, 0.4) is 0 Å². The van der Waals surface area contributed by atoms with E-state index < -0.39 is 0 Å². The van der Waals surface area contributed by atoms with Gasteiger partial charge in [0, 0.05) is 60.5 Å². The summed E-state index contributed by atoms with van der Waals surface area (Å²) in [6.45, 7) is 0. The maximum absolute atomic E-state index is 6.53. The molecule has 0 aliphatic rings. The highest BCUT2D eigenvalue weighted by Gasteiger charge is 2.26. The Morgan fingerprint density at radius 2 is 0.676 bits per heavy atom. The lowest BCUT2D eigenvalue weighted by Crippen LogP contribution is -2.12. The summed E-state index contributed by atoms with van der Waals surface area (Å²) in [6, 6.07) is 141. The predicted octanol–water partition coefficient (Wildman–Crippen LogP) is 27.2. The van der Waals surface area contributed by atoms with Gasteiger partial charge in [0.1, 0.15) is 11.2 Å². The Bertz CT molecular complexity index is 6630. The molecule has 0 N–H and O–H groups in total. The summed E-state index contributed by atoms with van der Waals surface area (Å²) in [5, 5.41) is 11.9. The van der Waals surface area contributed by atoms with Gasteiger partial charge in [-0.2, -0.15) is 0 Å². The van der Waals surface area contributed by atoms with Crippen LogP contribution in [0.15, 0.2) is 387 Å². The van der Waals surface area contributed by atoms with E-state index in [-0.39, 0.29) is 0 Å². The van der Waals surface area contributed by atoms with Gasteiger partial charge in [-0.25, -0.2) is 0 Å². The van der Waals surface area contributed by atoms with Gasteiger partial charge in [0.25, 0.3) is 0 Å². The molecular weight excluding hydrogens is 1240 g/mol. The van der Waals surface area contributed by atoms with Gasteiger partial charge in [-0.1, -0.05) is 267 Å². The third-order valence-corrected chi connectivity index (χ3v) is 20.9. The van der Waals surface area contributed by atoms with Gasteiger partial charge in [0.15, 0.2) is 0 Å². The normalized spacial score (nSPS) is 11.7. The minimum atomic E-state index is 0.859. The van der Waals surface area contributed by atoms with E-state index in [0.29, 0.717) is 0 Å². The van der Waals surface area contributed by atoms with Gasteiger partial charge in [0.05, 0.1) is 33.4 Å². The lowest BCUT2D eigenvalue weighted by atomic mass is 9.87. The maximum Gasteiger partial charge on any atom is 0.135 e. The fraction of sp³-hybridized carbons (Fsp3) is 0. The summed E-state index contributed by atoms with van der Waals surface area (Å²) >= 11 is 0. The number of fused-ring (bicyclic) bond motifs is 11. The lowest BCUT2D eigenvalue weighted by molar-refractivity contribution is 0.669. The molecule has 0 aliphatic carbocycles. The highest BCUT2D eigenvalue weighted by Crippen LogP contribution is 2.50. The largest absolute Gasteiger partial charge is 0.456 e. The first-order chi connectivity index (χ1) is 50.6. The molecule has 0 spiro atoms. The Kier molecular flexibility index (Phi) is 13.9. The summed E-state index contributed by atoms with van der Waals surface area (Å²) in [5.41, 5.74) is 27.6. The molecule has 0 saturated heterocycles. The van der Waals surface area contributed by atoms with Crippen molar-refractivity contribution in [3.05, 3.63) is 382 Å². The summed E-state index contributed by atoms with van der Waals surface area (Å²) in [6.07, 6.45) is 0. The second-order valence-corrected chi connectivity index (χ2v) is 26.7. The standard InChI is InChI=1S/C98H63N3O/c1-3-23-66(24-4-1)87-62-88(80-42-22-28-65-26-8-10-36-78(65)80)85(73-51-56-98-90(61-73)84-40-14-18-46-97(84)102-98)63-96(87)99(76-34-20-31-72(58-76)79-41-21-27-64-25-7-9-35-77(64)79)75-52-47-67(48-53-75)86-59-70(49-54-94(86)101-92-44-16-11-37-81(92)82-38-12-17-45-93(82)101)68-29-19-30-69(57-68)71-50-55-95-89(60-71)83-39-13-15-43-91(83)100(95)74-32-5-2-6-33-74/h1-63H. The monoisotopic (exact) mass is 1300 g/mol. The van der Waals surface area contributed by atoms with Crippen molar-refractivity contribution in [3.8, 4) is 89.3 Å². The number of furan rings is 1. The number of rotatable bonds is 12. The van der Waals surface area contributed by atoms with Gasteiger partial charge < -0.3 is 18.5 Å². The third-order valence-electron chi connectivity index (χ3n) is 20.9. The van der Waals surface area contributed by atoms with E-state index >= 15 is 0 Å². The number of benzene rings is 17. The van der Waals surface area contributed by atoms with E-state index in [1.165, 1.54) is 65.3 Å². The molecule has 0 atom stereocenters. The first-order valence-electron chi connectivity index (χ1n) is 35.0. The molecular formula is C98H63N3O. The van der Waals surface area contributed by atoms with E-state index in [4.69, 9.17) is 4.42 Å². The number of para-hydroxylation sites is 5. The second-order valence-electron chi connectivity index (χ2n) is 26.7.